The molecule has 6 heteroatoms. The second kappa shape index (κ2) is 2.43. The van der Waals surface area contributed by atoms with E-state index in [0.717, 1.165) is 9.88 Å². The Bertz CT molecular complexity index is 345. The van der Waals surface area contributed by atoms with Gasteiger partial charge in [0, 0.05) is 0 Å². The Morgan fingerprint density at radius 3 is 3.17 bits per heavy atom. The van der Waals surface area contributed by atoms with Crippen molar-refractivity contribution in [3.05, 3.63) is 9.88 Å². The van der Waals surface area contributed by atoms with Crippen molar-refractivity contribution in [1.29, 1.82) is 0 Å². The van der Waals surface area contributed by atoms with Gasteiger partial charge in [0.2, 0.25) is 6.35 Å². The topological polar surface area (TPSA) is 83.5 Å². The molecule has 4 N–H and O–H groups in total. The molecule has 0 saturated carbocycles. The predicted molar refractivity (Wildman–Crippen MR) is 47.2 cm³/mol. The monoisotopic (exact) mass is 184 g/mol. The molecule has 0 bridgehead atoms. The molecular formula is C6H8N4OS. The van der Waals surface area contributed by atoms with Crippen LogP contribution in [-0.2, 0) is 0 Å². The lowest BCUT2D eigenvalue weighted by molar-refractivity contribution is 0.212. The maximum atomic E-state index is 9.12. The van der Waals surface area contributed by atoms with Crippen LogP contribution in [0.4, 0.5) is 5.82 Å². The fourth-order valence-electron chi connectivity index (χ4n) is 1.04. The summed E-state index contributed by atoms with van der Waals surface area (Å²) < 4.78 is 0. The van der Waals surface area contributed by atoms with Crippen LogP contribution < -0.4 is 11.1 Å². The normalized spacial score (nSPS) is 21.2. The molecule has 1 atom stereocenters. The number of rotatable bonds is 0. The summed E-state index contributed by atoms with van der Waals surface area (Å²) >= 11 is 1.46. The van der Waals surface area contributed by atoms with Gasteiger partial charge >= 0.3 is 0 Å². The Morgan fingerprint density at radius 1 is 1.67 bits per heavy atom. The Morgan fingerprint density at radius 2 is 2.42 bits per heavy atom. The van der Waals surface area contributed by atoms with E-state index in [2.05, 4.69) is 15.3 Å². The number of thiazole rings is 1. The number of anilines is 1. The smallest absolute Gasteiger partial charge is 0.226 e. The number of nitrogens with two attached hydrogens (primary N) is 1. The van der Waals surface area contributed by atoms with Crippen LogP contribution in [0.3, 0.4) is 0 Å². The summed E-state index contributed by atoms with van der Waals surface area (Å²) in [4.78, 5) is 8.69. The number of nitrogens with one attached hydrogen (secondary N) is 1. The van der Waals surface area contributed by atoms with E-state index >= 15 is 0 Å². The van der Waals surface area contributed by atoms with Gasteiger partial charge in [-0.1, -0.05) is 0 Å². The zero-order chi connectivity index (χ0) is 8.72. The van der Waals surface area contributed by atoms with Gasteiger partial charge in [0.25, 0.3) is 0 Å². The number of hydrogen-bond acceptors (Lipinski definition) is 6. The molecule has 1 aromatic heterocycles. The summed E-state index contributed by atoms with van der Waals surface area (Å²) in [5.74, 6) is 0.972. The van der Waals surface area contributed by atoms with Crippen molar-refractivity contribution >= 4 is 23.0 Å². The van der Waals surface area contributed by atoms with Crippen molar-refractivity contribution in [2.45, 2.75) is 13.3 Å². The Kier molecular flexibility index (Phi) is 1.52. The van der Waals surface area contributed by atoms with Gasteiger partial charge in [-0.25, -0.2) is 9.98 Å². The SMILES string of the molecule is Cc1nc2c(s1)C(N)=NC(O)N2. The summed E-state index contributed by atoms with van der Waals surface area (Å²) in [7, 11) is 0. The van der Waals surface area contributed by atoms with Crippen molar-refractivity contribution in [2.24, 2.45) is 10.7 Å². The first kappa shape index (κ1) is 7.51. The number of nitrogens with zero attached hydrogens (tertiary/aromatic N) is 2. The summed E-state index contributed by atoms with van der Waals surface area (Å²) in [5, 5.41) is 12.7. The summed E-state index contributed by atoms with van der Waals surface area (Å²) in [6, 6.07) is 0. The van der Waals surface area contributed by atoms with Crippen molar-refractivity contribution < 1.29 is 5.11 Å². The standard InChI is InChI=1S/C6H8N4OS/c1-2-8-5-3(12-2)4(7)9-6(11)10-5/h6,10-11H,1H3,(H2,7,9). The van der Waals surface area contributed by atoms with Gasteiger partial charge in [-0.3, -0.25) is 0 Å². The molecule has 0 radical (unpaired) electrons. The molecule has 0 amide bonds. The van der Waals surface area contributed by atoms with E-state index in [1.54, 1.807) is 0 Å². The highest BCUT2D eigenvalue weighted by molar-refractivity contribution is 7.14. The highest BCUT2D eigenvalue weighted by Gasteiger charge is 2.19. The number of hydrogen-bond donors (Lipinski definition) is 3. The van der Waals surface area contributed by atoms with Crippen LogP contribution in [0.25, 0.3) is 0 Å². The first-order valence-corrected chi connectivity index (χ1v) is 4.24. The molecule has 5 nitrogen and oxygen atoms in total. The van der Waals surface area contributed by atoms with E-state index in [4.69, 9.17) is 10.8 Å². The molecular weight excluding hydrogens is 176 g/mol. The molecule has 12 heavy (non-hydrogen) atoms. The molecule has 1 aliphatic heterocycles. The van der Waals surface area contributed by atoms with Gasteiger partial charge in [0.15, 0.2) is 5.82 Å². The molecule has 1 unspecified atom stereocenters. The number of aliphatic hydroxyl groups is 1. The lowest BCUT2D eigenvalue weighted by atomic mass is 10.4. The van der Waals surface area contributed by atoms with Crippen LogP contribution in [-0.4, -0.2) is 22.3 Å². The van der Waals surface area contributed by atoms with E-state index < -0.39 is 6.35 Å². The third kappa shape index (κ3) is 1.05. The minimum absolute atomic E-state index is 0.349. The third-order valence-electron chi connectivity index (χ3n) is 1.49. The highest BCUT2D eigenvalue weighted by atomic mass is 32.1. The van der Waals surface area contributed by atoms with Crippen LogP contribution in [0.5, 0.6) is 0 Å². The van der Waals surface area contributed by atoms with Crippen molar-refractivity contribution in [3.8, 4) is 0 Å². The Hall–Kier alpha value is -1.14. The minimum atomic E-state index is -0.959. The summed E-state index contributed by atoms with van der Waals surface area (Å²) in [5.41, 5.74) is 5.57. The first-order valence-electron chi connectivity index (χ1n) is 3.42. The zero-order valence-electron chi connectivity index (χ0n) is 6.40. The molecule has 1 aliphatic rings. The van der Waals surface area contributed by atoms with E-state index in [-0.39, 0.29) is 0 Å². The second-order valence-corrected chi connectivity index (χ2v) is 3.65. The predicted octanol–water partition coefficient (Wildman–Crippen LogP) is -0.142. The zero-order valence-corrected chi connectivity index (χ0v) is 7.22. The second-order valence-electron chi connectivity index (χ2n) is 2.44. The molecule has 0 aromatic carbocycles. The van der Waals surface area contributed by atoms with E-state index in [0.29, 0.717) is 11.7 Å². The fraction of sp³-hybridized carbons (Fsp3) is 0.333. The summed E-state index contributed by atoms with van der Waals surface area (Å²) in [6.45, 7) is 1.88. The molecule has 64 valence electrons. The van der Waals surface area contributed by atoms with Crippen molar-refractivity contribution in [2.75, 3.05) is 5.32 Å². The van der Waals surface area contributed by atoms with Gasteiger partial charge < -0.3 is 16.2 Å². The average molecular weight is 184 g/mol. The van der Waals surface area contributed by atoms with E-state index in [1.165, 1.54) is 11.3 Å². The lowest BCUT2D eigenvalue weighted by Gasteiger charge is -2.14. The molecule has 2 heterocycles. The molecule has 1 aromatic rings. The molecule has 0 spiro atoms. The molecule has 0 fully saturated rings. The fourth-order valence-corrected chi connectivity index (χ4v) is 1.83. The van der Waals surface area contributed by atoms with Crippen LogP contribution in [0.1, 0.15) is 9.88 Å². The van der Waals surface area contributed by atoms with Crippen LogP contribution in [0, 0.1) is 6.92 Å². The quantitative estimate of drug-likeness (QED) is 0.524. The molecule has 0 saturated heterocycles. The van der Waals surface area contributed by atoms with E-state index in [9.17, 15) is 0 Å². The van der Waals surface area contributed by atoms with Crippen molar-refractivity contribution in [1.82, 2.24) is 4.98 Å². The van der Waals surface area contributed by atoms with Crippen molar-refractivity contribution in [3.63, 3.8) is 0 Å². The minimum Gasteiger partial charge on any atom is -0.383 e. The number of aliphatic imine (C=N–C) groups is 1. The van der Waals surface area contributed by atoms with Gasteiger partial charge in [0.1, 0.15) is 10.7 Å². The van der Waals surface area contributed by atoms with Crippen LogP contribution >= 0.6 is 11.3 Å². The molecule has 0 aliphatic carbocycles. The van der Waals surface area contributed by atoms with Crippen LogP contribution in [0.15, 0.2) is 4.99 Å². The van der Waals surface area contributed by atoms with Crippen LogP contribution in [0.2, 0.25) is 0 Å². The summed E-state index contributed by atoms with van der Waals surface area (Å²) in [6.07, 6.45) is -0.959. The average Bonchev–Trinajstić information content (AvgIpc) is 2.29. The maximum absolute atomic E-state index is 9.12. The third-order valence-corrected chi connectivity index (χ3v) is 2.49. The maximum Gasteiger partial charge on any atom is 0.226 e. The largest absolute Gasteiger partial charge is 0.383 e. The van der Waals surface area contributed by atoms with Gasteiger partial charge in [0.05, 0.1) is 5.01 Å². The number of aliphatic hydroxyl groups excluding tert-OH is 1. The first-order chi connectivity index (χ1) is 5.66. The molecule has 2 rings (SSSR count). The number of fused-ring (bicyclic) bond motifs is 1. The number of amidine groups is 1. The Labute approximate surface area is 73.0 Å². The van der Waals surface area contributed by atoms with E-state index in [1.807, 2.05) is 6.92 Å². The van der Waals surface area contributed by atoms with Gasteiger partial charge in [-0.05, 0) is 6.92 Å². The highest BCUT2D eigenvalue weighted by Crippen LogP contribution is 2.25. The number of aromatic nitrogens is 1. The van der Waals surface area contributed by atoms with Gasteiger partial charge in [-0.15, -0.1) is 11.3 Å². The number of aryl methyl sites for hydroxylation is 1. The Balaban J connectivity index is 2.51. The van der Waals surface area contributed by atoms with Gasteiger partial charge in [-0.2, -0.15) is 0 Å². The lowest BCUT2D eigenvalue weighted by Crippen LogP contribution is -2.28.